The molecular weight excluding hydrogens is 473 g/mol. The van der Waals surface area contributed by atoms with Crippen LogP contribution in [0, 0.1) is 0 Å². The number of pyridine rings is 1. The van der Waals surface area contributed by atoms with Crippen LogP contribution in [0.25, 0.3) is 0 Å². The van der Waals surface area contributed by atoms with Crippen LogP contribution in [0.4, 0.5) is 19.0 Å². The molecule has 1 fully saturated rings. The first-order valence-corrected chi connectivity index (χ1v) is 11.3. The van der Waals surface area contributed by atoms with Gasteiger partial charge < -0.3 is 14.9 Å². The zero-order valence-corrected chi connectivity index (χ0v) is 18.2. The van der Waals surface area contributed by atoms with Crippen LogP contribution in [-0.4, -0.2) is 68.1 Å². The first-order valence-electron chi connectivity index (χ1n) is 9.48. The summed E-state index contributed by atoms with van der Waals surface area (Å²) in [4.78, 5) is 19.1. The van der Waals surface area contributed by atoms with Gasteiger partial charge in [0.2, 0.25) is 15.9 Å². The van der Waals surface area contributed by atoms with Gasteiger partial charge in [-0.15, -0.1) is 0 Å². The molecule has 1 aromatic carbocycles. The molecule has 0 spiro atoms. The Morgan fingerprint density at radius 2 is 1.81 bits per heavy atom. The molecule has 2 heterocycles. The number of hydrogen-bond donors (Lipinski definition) is 2. The van der Waals surface area contributed by atoms with Crippen molar-refractivity contribution < 1.29 is 31.5 Å². The third-order valence-electron chi connectivity index (χ3n) is 4.89. The average molecular weight is 493 g/mol. The van der Waals surface area contributed by atoms with E-state index in [0.717, 1.165) is 6.07 Å². The van der Waals surface area contributed by atoms with Crippen LogP contribution in [0.2, 0.25) is 5.02 Å². The van der Waals surface area contributed by atoms with Crippen molar-refractivity contribution in [1.29, 1.82) is 0 Å². The predicted molar refractivity (Wildman–Crippen MR) is 111 cm³/mol. The van der Waals surface area contributed by atoms with E-state index >= 15 is 0 Å². The third kappa shape index (κ3) is 5.31. The lowest BCUT2D eigenvalue weighted by atomic mass is 10.2. The molecule has 1 aliphatic rings. The molecule has 0 saturated carbocycles. The van der Waals surface area contributed by atoms with E-state index in [1.165, 1.54) is 40.3 Å². The van der Waals surface area contributed by atoms with E-state index in [0.29, 0.717) is 0 Å². The number of alkyl halides is 3. The van der Waals surface area contributed by atoms with Crippen molar-refractivity contribution in [2.75, 3.05) is 37.7 Å². The van der Waals surface area contributed by atoms with Gasteiger partial charge in [-0.25, -0.2) is 13.4 Å². The Bertz CT molecular complexity index is 1080. The van der Waals surface area contributed by atoms with Crippen molar-refractivity contribution in [3.63, 3.8) is 0 Å². The number of sulfonamides is 1. The van der Waals surface area contributed by atoms with Crippen molar-refractivity contribution in [1.82, 2.24) is 14.6 Å². The van der Waals surface area contributed by atoms with E-state index in [9.17, 15) is 31.5 Å². The van der Waals surface area contributed by atoms with Gasteiger partial charge in [-0.05, 0) is 24.3 Å². The Hall–Kier alpha value is -2.41. The quantitative estimate of drug-likeness (QED) is 0.637. The second kappa shape index (κ2) is 9.61. The molecule has 3 rings (SSSR count). The number of nitrogens with zero attached hydrogens (tertiary/aromatic N) is 3. The summed E-state index contributed by atoms with van der Waals surface area (Å²) in [5, 5.41) is 9.56. The number of anilines is 1. The van der Waals surface area contributed by atoms with Gasteiger partial charge in [0.1, 0.15) is 16.8 Å². The van der Waals surface area contributed by atoms with E-state index in [4.69, 9.17) is 11.6 Å². The van der Waals surface area contributed by atoms with Crippen LogP contribution >= 0.6 is 11.6 Å². The van der Waals surface area contributed by atoms with Crippen molar-refractivity contribution in [3.05, 3.63) is 53.2 Å². The summed E-state index contributed by atoms with van der Waals surface area (Å²) in [6, 6.07) is 6.30. The van der Waals surface area contributed by atoms with Gasteiger partial charge >= 0.3 is 6.18 Å². The molecule has 32 heavy (non-hydrogen) atoms. The normalized spacial score (nSPS) is 16.2. The summed E-state index contributed by atoms with van der Waals surface area (Å²) in [5.41, 5.74) is -0.875. The zero-order valence-electron chi connectivity index (χ0n) is 16.6. The van der Waals surface area contributed by atoms with E-state index in [1.807, 2.05) is 0 Å². The molecule has 1 aromatic heterocycles. The zero-order chi connectivity index (χ0) is 23.5. The second-order valence-corrected chi connectivity index (χ2v) is 9.06. The van der Waals surface area contributed by atoms with Crippen LogP contribution in [-0.2, 0) is 21.0 Å². The molecule has 1 aliphatic heterocycles. The number of amides is 1. The summed E-state index contributed by atoms with van der Waals surface area (Å²) in [6.45, 7) is -0.641. The van der Waals surface area contributed by atoms with Gasteiger partial charge in [0.05, 0.1) is 17.2 Å². The first-order chi connectivity index (χ1) is 15.0. The number of hydrogen-bond acceptors (Lipinski definition) is 6. The highest BCUT2D eigenvalue weighted by atomic mass is 35.5. The monoisotopic (exact) mass is 492 g/mol. The van der Waals surface area contributed by atoms with Gasteiger partial charge in [0.25, 0.3) is 0 Å². The standard InChI is InChI=1S/C19H20ClF3N4O4S/c20-14-5-1-2-6-16(14)32(30,31)25-15(12-28)18(29)27-10-8-26(9-11-27)17-13(19(21,22)23)4-3-7-24-17/h1-7,15,25,28H,8-12H2/t15-/m0/s1. The summed E-state index contributed by atoms with van der Waals surface area (Å²) < 4.78 is 67.1. The highest BCUT2D eigenvalue weighted by molar-refractivity contribution is 7.89. The van der Waals surface area contributed by atoms with E-state index in [2.05, 4.69) is 9.71 Å². The number of piperazine rings is 1. The molecule has 1 atom stereocenters. The minimum absolute atomic E-state index is 0.0248. The predicted octanol–water partition coefficient (Wildman–Crippen LogP) is 1.74. The van der Waals surface area contributed by atoms with Crippen LogP contribution in [0.5, 0.6) is 0 Å². The van der Waals surface area contributed by atoms with Crippen LogP contribution < -0.4 is 9.62 Å². The van der Waals surface area contributed by atoms with E-state index < -0.39 is 40.3 Å². The van der Waals surface area contributed by atoms with Crippen molar-refractivity contribution in [2.24, 2.45) is 0 Å². The fraction of sp³-hybridized carbons (Fsp3) is 0.368. The molecule has 0 radical (unpaired) electrons. The molecule has 0 unspecified atom stereocenters. The highest BCUT2D eigenvalue weighted by Gasteiger charge is 2.37. The Morgan fingerprint density at radius 3 is 2.41 bits per heavy atom. The fourth-order valence-corrected chi connectivity index (χ4v) is 5.01. The number of nitrogens with one attached hydrogen (secondary N) is 1. The fourth-order valence-electron chi connectivity index (χ4n) is 3.31. The number of aliphatic hydroxyl groups excluding tert-OH is 1. The summed E-state index contributed by atoms with van der Waals surface area (Å²) in [7, 11) is -4.20. The molecule has 174 valence electrons. The maximum atomic E-state index is 13.3. The lowest BCUT2D eigenvalue weighted by molar-refractivity contribution is -0.138. The molecule has 13 heteroatoms. The minimum Gasteiger partial charge on any atom is -0.394 e. The van der Waals surface area contributed by atoms with Crippen molar-refractivity contribution in [3.8, 4) is 0 Å². The number of aliphatic hydroxyl groups is 1. The van der Waals surface area contributed by atoms with E-state index in [1.54, 1.807) is 6.07 Å². The van der Waals surface area contributed by atoms with Crippen LogP contribution in [0.3, 0.4) is 0 Å². The highest BCUT2D eigenvalue weighted by Crippen LogP contribution is 2.35. The Labute approximate surface area is 187 Å². The van der Waals surface area contributed by atoms with Crippen molar-refractivity contribution >= 4 is 33.3 Å². The van der Waals surface area contributed by atoms with Crippen molar-refractivity contribution in [2.45, 2.75) is 17.1 Å². The van der Waals surface area contributed by atoms with Crippen LogP contribution in [0.15, 0.2) is 47.5 Å². The lowest BCUT2D eigenvalue weighted by Gasteiger charge is -2.37. The van der Waals surface area contributed by atoms with E-state index in [-0.39, 0.29) is 41.9 Å². The van der Waals surface area contributed by atoms with Gasteiger partial charge in [-0.3, -0.25) is 4.79 Å². The molecule has 0 aliphatic carbocycles. The Kier molecular flexibility index (Phi) is 7.28. The topological polar surface area (TPSA) is 103 Å². The number of carbonyl (C=O) groups excluding carboxylic acids is 1. The molecule has 1 amide bonds. The maximum Gasteiger partial charge on any atom is 0.419 e. The minimum atomic E-state index is -4.57. The summed E-state index contributed by atoms with van der Waals surface area (Å²) >= 11 is 5.91. The maximum absolute atomic E-state index is 13.3. The third-order valence-corrected chi connectivity index (χ3v) is 6.86. The second-order valence-electron chi connectivity index (χ2n) is 6.97. The van der Waals surface area contributed by atoms with Gasteiger partial charge in [-0.2, -0.15) is 17.9 Å². The van der Waals surface area contributed by atoms with Gasteiger partial charge in [0.15, 0.2) is 0 Å². The summed E-state index contributed by atoms with van der Waals surface area (Å²) in [6.07, 6.45) is -3.32. The lowest BCUT2D eigenvalue weighted by Crippen LogP contribution is -2.56. The Morgan fingerprint density at radius 1 is 1.16 bits per heavy atom. The number of benzene rings is 1. The molecule has 0 bridgehead atoms. The van der Waals surface area contributed by atoms with Gasteiger partial charge in [-0.1, -0.05) is 23.7 Å². The Balaban J connectivity index is 1.69. The molecular formula is C19H20ClF3N4O4S. The van der Waals surface area contributed by atoms with Gasteiger partial charge in [0, 0.05) is 32.4 Å². The summed E-state index contributed by atoms with van der Waals surface area (Å²) in [5.74, 6) is -0.926. The average Bonchev–Trinajstić information content (AvgIpc) is 2.77. The molecule has 8 nitrogen and oxygen atoms in total. The first kappa shape index (κ1) is 24.2. The van der Waals surface area contributed by atoms with Crippen LogP contribution in [0.1, 0.15) is 5.56 Å². The molecule has 1 saturated heterocycles. The SMILES string of the molecule is O=C([C@H](CO)NS(=O)(=O)c1ccccc1Cl)N1CCN(c2ncccc2C(F)(F)F)CC1. The number of rotatable bonds is 6. The number of aromatic nitrogens is 1. The number of halogens is 4. The number of carbonyl (C=O) groups is 1. The smallest absolute Gasteiger partial charge is 0.394 e. The molecule has 2 N–H and O–H groups in total. The largest absolute Gasteiger partial charge is 0.419 e. The molecule has 2 aromatic rings.